The minimum Gasteiger partial charge on any atom is -0.495 e. The molecule has 8 heteroatoms. The third kappa shape index (κ3) is 3.80. The molecule has 0 saturated carbocycles. The van der Waals surface area contributed by atoms with E-state index in [0.29, 0.717) is 5.82 Å². The van der Waals surface area contributed by atoms with Gasteiger partial charge in [0.25, 0.3) is 0 Å². The number of hydrogen-bond acceptors (Lipinski definition) is 7. The summed E-state index contributed by atoms with van der Waals surface area (Å²) < 4.78 is 5.54. The summed E-state index contributed by atoms with van der Waals surface area (Å²) in [4.78, 5) is 27.7. The predicted octanol–water partition coefficient (Wildman–Crippen LogP) is 3.53. The van der Waals surface area contributed by atoms with Gasteiger partial charge in [-0.15, -0.1) is 11.3 Å². The minimum absolute atomic E-state index is 0.146. The van der Waals surface area contributed by atoms with Crippen LogP contribution in [-0.4, -0.2) is 54.3 Å². The SMILES string of the molecule is COc1ccccc1N1CCN(c2nc(CC(=O)O)nc3sc4c(c23)CCCC4)CC1. The number of fused-ring (bicyclic) bond motifs is 3. The first-order valence-corrected chi connectivity index (χ1v) is 11.6. The van der Waals surface area contributed by atoms with Gasteiger partial charge in [-0.2, -0.15) is 0 Å². The highest BCUT2D eigenvalue weighted by Gasteiger charge is 2.27. The summed E-state index contributed by atoms with van der Waals surface area (Å²) in [5, 5.41) is 10.5. The fraction of sp³-hybridized carbons (Fsp3) is 0.435. The Bertz CT molecular complexity index is 1120. The first kappa shape index (κ1) is 20.1. The number of benzene rings is 1. The van der Waals surface area contributed by atoms with Crippen LogP contribution in [0.25, 0.3) is 10.2 Å². The predicted molar refractivity (Wildman–Crippen MR) is 123 cm³/mol. The standard InChI is InChI=1S/C23H26N4O3S/c1-30-17-8-4-3-7-16(17)26-10-12-27(13-11-26)22-21-15-6-2-5-9-18(15)31-23(21)25-19(24-22)14-20(28)29/h3-4,7-8H,2,5-6,9-14H2,1H3,(H,28,29). The quantitative estimate of drug-likeness (QED) is 0.653. The Kier molecular flexibility index (Phi) is 5.40. The van der Waals surface area contributed by atoms with Crippen molar-refractivity contribution in [2.75, 3.05) is 43.1 Å². The third-order valence-corrected chi connectivity index (χ3v) is 7.34. The number of carboxylic acids is 1. The molecule has 0 amide bonds. The fourth-order valence-corrected chi connectivity index (χ4v) is 5.95. The Morgan fingerprint density at radius 3 is 2.61 bits per heavy atom. The summed E-state index contributed by atoms with van der Waals surface area (Å²) in [6.07, 6.45) is 4.41. The van der Waals surface area contributed by atoms with Gasteiger partial charge >= 0.3 is 5.97 Å². The molecular weight excluding hydrogens is 412 g/mol. The molecule has 162 valence electrons. The zero-order chi connectivity index (χ0) is 21.4. The molecular formula is C23H26N4O3S. The van der Waals surface area contributed by atoms with Crippen molar-refractivity contribution in [3.63, 3.8) is 0 Å². The highest BCUT2D eigenvalue weighted by Crippen LogP contribution is 2.40. The Morgan fingerprint density at radius 1 is 1.10 bits per heavy atom. The van der Waals surface area contributed by atoms with Crippen LogP contribution in [-0.2, 0) is 24.1 Å². The highest BCUT2D eigenvalue weighted by atomic mass is 32.1. The molecule has 7 nitrogen and oxygen atoms in total. The van der Waals surface area contributed by atoms with E-state index >= 15 is 0 Å². The lowest BCUT2D eigenvalue weighted by molar-refractivity contribution is -0.136. The van der Waals surface area contributed by atoms with Gasteiger partial charge in [-0.1, -0.05) is 12.1 Å². The fourth-order valence-electron chi connectivity index (χ4n) is 4.67. The van der Waals surface area contributed by atoms with Gasteiger partial charge in [0, 0.05) is 31.1 Å². The summed E-state index contributed by atoms with van der Waals surface area (Å²) in [6.45, 7) is 3.35. The highest BCUT2D eigenvalue weighted by molar-refractivity contribution is 7.19. The van der Waals surface area contributed by atoms with E-state index in [1.54, 1.807) is 18.4 Å². The van der Waals surface area contributed by atoms with Crippen molar-refractivity contribution in [3.8, 4) is 5.75 Å². The molecule has 1 aliphatic carbocycles. The number of anilines is 2. The minimum atomic E-state index is -0.896. The normalized spacial score (nSPS) is 16.4. The molecule has 5 rings (SSSR count). The Balaban J connectivity index is 1.48. The summed E-state index contributed by atoms with van der Waals surface area (Å²) in [5.74, 6) is 1.31. The second-order valence-electron chi connectivity index (χ2n) is 8.07. The number of carbonyl (C=O) groups is 1. The molecule has 3 aromatic rings. The molecule has 2 aromatic heterocycles. The number of carboxylic acid groups (broad SMARTS) is 1. The summed E-state index contributed by atoms with van der Waals surface area (Å²) in [6, 6.07) is 8.11. The van der Waals surface area contributed by atoms with Crippen LogP contribution in [0.15, 0.2) is 24.3 Å². The average Bonchev–Trinajstić information content (AvgIpc) is 3.16. The van der Waals surface area contributed by atoms with Gasteiger partial charge in [0.1, 0.15) is 28.6 Å². The van der Waals surface area contributed by atoms with E-state index < -0.39 is 5.97 Å². The van der Waals surface area contributed by atoms with Crippen molar-refractivity contribution < 1.29 is 14.6 Å². The molecule has 1 aromatic carbocycles. The lowest BCUT2D eigenvalue weighted by Gasteiger charge is -2.37. The van der Waals surface area contributed by atoms with Crippen LogP contribution >= 0.6 is 11.3 Å². The number of aliphatic carboxylic acids is 1. The maximum Gasteiger partial charge on any atom is 0.311 e. The number of ether oxygens (including phenoxy) is 1. The molecule has 1 fully saturated rings. The third-order valence-electron chi connectivity index (χ3n) is 6.16. The Hall–Kier alpha value is -2.87. The van der Waals surface area contributed by atoms with E-state index in [0.717, 1.165) is 66.5 Å². The number of methoxy groups -OCH3 is 1. The number of hydrogen-bond donors (Lipinski definition) is 1. The van der Waals surface area contributed by atoms with E-state index in [4.69, 9.17) is 9.72 Å². The molecule has 31 heavy (non-hydrogen) atoms. The van der Waals surface area contributed by atoms with Crippen LogP contribution < -0.4 is 14.5 Å². The maximum absolute atomic E-state index is 11.3. The number of aryl methyl sites for hydroxylation is 2. The van der Waals surface area contributed by atoms with Crippen LogP contribution in [0.1, 0.15) is 29.1 Å². The van der Waals surface area contributed by atoms with Crippen molar-refractivity contribution in [3.05, 3.63) is 40.5 Å². The topological polar surface area (TPSA) is 78.8 Å². The summed E-state index contributed by atoms with van der Waals surface area (Å²) >= 11 is 1.72. The van der Waals surface area contributed by atoms with Crippen molar-refractivity contribution in [1.82, 2.24) is 9.97 Å². The van der Waals surface area contributed by atoms with Gasteiger partial charge in [-0.25, -0.2) is 9.97 Å². The van der Waals surface area contributed by atoms with Crippen LogP contribution in [0.2, 0.25) is 0 Å². The van der Waals surface area contributed by atoms with Gasteiger partial charge in [0.05, 0.1) is 18.2 Å². The van der Waals surface area contributed by atoms with Gasteiger partial charge in [0.15, 0.2) is 0 Å². The summed E-state index contributed by atoms with van der Waals surface area (Å²) in [5.41, 5.74) is 2.49. The van der Waals surface area contributed by atoms with Crippen LogP contribution in [0.5, 0.6) is 5.75 Å². The Labute approximate surface area is 185 Å². The molecule has 0 atom stereocenters. The van der Waals surface area contributed by atoms with Crippen molar-refractivity contribution in [2.24, 2.45) is 0 Å². The van der Waals surface area contributed by atoms with Gasteiger partial charge in [-0.05, 0) is 43.4 Å². The van der Waals surface area contributed by atoms with E-state index in [2.05, 4.69) is 20.9 Å². The number of thiophene rings is 1. The number of rotatable bonds is 5. The molecule has 2 aliphatic rings. The summed E-state index contributed by atoms with van der Waals surface area (Å²) in [7, 11) is 1.70. The average molecular weight is 439 g/mol. The van der Waals surface area contributed by atoms with Crippen LogP contribution in [0.3, 0.4) is 0 Å². The molecule has 1 aliphatic heterocycles. The molecule has 3 heterocycles. The maximum atomic E-state index is 11.3. The van der Waals surface area contributed by atoms with Crippen molar-refractivity contribution in [1.29, 1.82) is 0 Å². The van der Waals surface area contributed by atoms with Gasteiger partial charge < -0.3 is 19.6 Å². The largest absolute Gasteiger partial charge is 0.495 e. The number of aromatic nitrogens is 2. The number of para-hydroxylation sites is 2. The van der Waals surface area contributed by atoms with Gasteiger partial charge in [0.2, 0.25) is 0 Å². The molecule has 1 saturated heterocycles. The second kappa shape index (κ2) is 8.34. The van der Waals surface area contributed by atoms with Gasteiger partial charge in [-0.3, -0.25) is 4.79 Å². The Morgan fingerprint density at radius 2 is 1.84 bits per heavy atom. The number of piperazine rings is 1. The zero-order valence-corrected chi connectivity index (χ0v) is 18.5. The van der Waals surface area contributed by atoms with Crippen LogP contribution in [0.4, 0.5) is 11.5 Å². The van der Waals surface area contributed by atoms with Crippen LogP contribution in [0, 0.1) is 0 Å². The van der Waals surface area contributed by atoms with Crippen molar-refractivity contribution >= 4 is 39.0 Å². The first-order chi connectivity index (χ1) is 15.1. The van der Waals surface area contributed by atoms with E-state index in [-0.39, 0.29) is 6.42 Å². The molecule has 0 bridgehead atoms. The lowest BCUT2D eigenvalue weighted by atomic mass is 9.97. The number of nitrogens with zero attached hydrogens (tertiary/aromatic N) is 4. The van der Waals surface area contributed by atoms with E-state index in [1.807, 2.05) is 18.2 Å². The molecule has 0 unspecified atom stereocenters. The second-order valence-corrected chi connectivity index (χ2v) is 9.15. The van der Waals surface area contributed by atoms with E-state index in [1.165, 1.54) is 23.3 Å². The molecule has 0 spiro atoms. The lowest BCUT2D eigenvalue weighted by Crippen LogP contribution is -2.47. The first-order valence-electron chi connectivity index (χ1n) is 10.8. The molecule has 1 N–H and O–H groups in total. The zero-order valence-electron chi connectivity index (χ0n) is 17.6. The van der Waals surface area contributed by atoms with Crippen molar-refractivity contribution in [2.45, 2.75) is 32.1 Å². The monoisotopic (exact) mass is 438 g/mol. The van der Waals surface area contributed by atoms with E-state index in [9.17, 15) is 9.90 Å². The molecule has 0 radical (unpaired) electrons. The smallest absolute Gasteiger partial charge is 0.311 e.